The molecule has 2 rings (SSSR count). The Hall–Kier alpha value is -1.49. The second-order valence-electron chi connectivity index (χ2n) is 5.63. The van der Waals surface area contributed by atoms with Gasteiger partial charge in [0.2, 0.25) is 0 Å². The summed E-state index contributed by atoms with van der Waals surface area (Å²) < 4.78 is 7.59. The smallest absolute Gasteiger partial charge is 0.270 e. The molecule has 0 aliphatic carbocycles. The van der Waals surface area contributed by atoms with Crippen molar-refractivity contribution in [3.05, 3.63) is 18.0 Å². The van der Waals surface area contributed by atoms with Gasteiger partial charge in [-0.1, -0.05) is 0 Å². The second-order valence-corrected chi connectivity index (χ2v) is 5.63. The first-order chi connectivity index (χ1) is 8.88. The van der Waals surface area contributed by atoms with Crippen LogP contribution in [0.25, 0.3) is 0 Å². The fourth-order valence-corrected chi connectivity index (χ4v) is 2.60. The molecule has 1 aliphatic rings. The van der Waals surface area contributed by atoms with Crippen molar-refractivity contribution in [1.82, 2.24) is 9.47 Å². The molecule has 1 aromatic rings. The number of nitrogen functional groups attached to an aromatic ring is 1. The third-order valence-corrected chi connectivity index (χ3v) is 3.35. The molecule has 1 fully saturated rings. The van der Waals surface area contributed by atoms with Gasteiger partial charge in [0.25, 0.3) is 5.91 Å². The van der Waals surface area contributed by atoms with E-state index in [1.807, 2.05) is 43.4 Å². The normalized spacial score (nSPS) is 23.9. The van der Waals surface area contributed by atoms with Crippen molar-refractivity contribution in [2.24, 2.45) is 0 Å². The monoisotopic (exact) mass is 265 g/mol. The van der Waals surface area contributed by atoms with Crippen molar-refractivity contribution in [1.29, 1.82) is 0 Å². The number of carbonyl (C=O) groups is 1. The highest BCUT2D eigenvalue weighted by Crippen LogP contribution is 2.20. The Labute approximate surface area is 114 Å². The van der Waals surface area contributed by atoms with E-state index < -0.39 is 0 Å². The predicted octanol–water partition coefficient (Wildman–Crippen LogP) is 1.90. The Morgan fingerprint density at radius 3 is 2.47 bits per heavy atom. The summed E-state index contributed by atoms with van der Waals surface area (Å²) in [5.74, 6) is 0.0346. The summed E-state index contributed by atoms with van der Waals surface area (Å²) in [5.41, 5.74) is 7.11. The molecule has 19 heavy (non-hydrogen) atoms. The van der Waals surface area contributed by atoms with Gasteiger partial charge in [-0.3, -0.25) is 4.79 Å². The van der Waals surface area contributed by atoms with Crippen LogP contribution in [-0.4, -0.2) is 40.7 Å². The molecule has 0 spiro atoms. The lowest BCUT2D eigenvalue weighted by Gasteiger charge is -2.35. The van der Waals surface area contributed by atoms with E-state index in [1.54, 1.807) is 6.07 Å². The average Bonchev–Trinajstić information content (AvgIpc) is 2.69. The van der Waals surface area contributed by atoms with Crippen LogP contribution in [0.2, 0.25) is 0 Å². The molecule has 2 unspecified atom stereocenters. The fourth-order valence-electron chi connectivity index (χ4n) is 2.60. The summed E-state index contributed by atoms with van der Waals surface area (Å²) in [5, 5.41) is 0. The Morgan fingerprint density at radius 1 is 1.37 bits per heavy atom. The molecule has 1 saturated heterocycles. The van der Waals surface area contributed by atoms with Gasteiger partial charge in [0, 0.05) is 25.3 Å². The molecule has 2 N–H and O–H groups in total. The maximum Gasteiger partial charge on any atom is 0.270 e. The highest BCUT2D eigenvalue weighted by molar-refractivity contribution is 5.94. The molecular weight excluding hydrogens is 242 g/mol. The summed E-state index contributed by atoms with van der Waals surface area (Å²) in [6, 6.07) is 1.97. The van der Waals surface area contributed by atoms with Crippen LogP contribution in [0.3, 0.4) is 0 Å². The lowest BCUT2D eigenvalue weighted by Crippen LogP contribution is -2.48. The Kier molecular flexibility index (Phi) is 3.85. The van der Waals surface area contributed by atoms with Crippen LogP contribution < -0.4 is 5.73 Å². The highest BCUT2D eigenvalue weighted by atomic mass is 16.5. The molecule has 5 nitrogen and oxygen atoms in total. The zero-order valence-corrected chi connectivity index (χ0v) is 12.1. The predicted molar refractivity (Wildman–Crippen MR) is 75.1 cm³/mol. The molecular formula is C14H23N3O2. The number of hydrogen-bond donors (Lipinski definition) is 1. The van der Waals surface area contributed by atoms with E-state index >= 15 is 0 Å². The van der Waals surface area contributed by atoms with Gasteiger partial charge in [-0.2, -0.15) is 0 Å². The topological polar surface area (TPSA) is 60.5 Å². The second kappa shape index (κ2) is 5.25. The summed E-state index contributed by atoms with van der Waals surface area (Å²) in [4.78, 5) is 14.5. The van der Waals surface area contributed by atoms with Gasteiger partial charge in [0.05, 0.1) is 17.9 Å². The zero-order chi connectivity index (χ0) is 14.2. The number of rotatable bonds is 2. The summed E-state index contributed by atoms with van der Waals surface area (Å²) >= 11 is 0. The number of ether oxygens (including phenoxy) is 1. The van der Waals surface area contributed by atoms with Crippen molar-refractivity contribution < 1.29 is 9.53 Å². The molecule has 1 amide bonds. The van der Waals surface area contributed by atoms with Gasteiger partial charge < -0.3 is 19.9 Å². The minimum Gasteiger partial charge on any atom is -0.397 e. The van der Waals surface area contributed by atoms with Crippen LogP contribution in [0.4, 0.5) is 5.69 Å². The number of anilines is 1. The SMILES string of the molecule is CC1CN(C(=O)c2cc(N)cn2C(C)C)CC(C)O1. The highest BCUT2D eigenvalue weighted by Gasteiger charge is 2.28. The van der Waals surface area contributed by atoms with Gasteiger partial charge in [-0.15, -0.1) is 0 Å². The third-order valence-electron chi connectivity index (χ3n) is 3.35. The van der Waals surface area contributed by atoms with Crippen LogP contribution >= 0.6 is 0 Å². The van der Waals surface area contributed by atoms with Crippen LogP contribution in [0, 0.1) is 0 Å². The van der Waals surface area contributed by atoms with Gasteiger partial charge in [-0.25, -0.2) is 0 Å². The summed E-state index contributed by atoms with van der Waals surface area (Å²) in [6.07, 6.45) is 1.98. The Balaban J connectivity index is 2.24. The van der Waals surface area contributed by atoms with E-state index in [4.69, 9.17) is 10.5 Å². The van der Waals surface area contributed by atoms with E-state index in [-0.39, 0.29) is 24.2 Å². The average molecular weight is 265 g/mol. The molecule has 0 bridgehead atoms. The number of amides is 1. The fraction of sp³-hybridized carbons (Fsp3) is 0.643. The maximum absolute atomic E-state index is 12.6. The lowest BCUT2D eigenvalue weighted by molar-refractivity contribution is -0.0588. The minimum absolute atomic E-state index is 0.0346. The molecule has 0 aromatic carbocycles. The van der Waals surface area contributed by atoms with Crippen LogP contribution in [0.5, 0.6) is 0 Å². The van der Waals surface area contributed by atoms with E-state index in [2.05, 4.69) is 0 Å². The van der Waals surface area contributed by atoms with Crippen LogP contribution in [-0.2, 0) is 4.74 Å². The van der Waals surface area contributed by atoms with Crippen LogP contribution in [0.1, 0.15) is 44.2 Å². The van der Waals surface area contributed by atoms with E-state index in [9.17, 15) is 4.79 Å². The number of carbonyl (C=O) groups excluding carboxylic acids is 1. The van der Waals surface area contributed by atoms with E-state index in [1.165, 1.54) is 0 Å². The molecule has 1 aromatic heterocycles. The van der Waals surface area contributed by atoms with E-state index in [0.29, 0.717) is 24.5 Å². The van der Waals surface area contributed by atoms with Crippen molar-refractivity contribution in [3.63, 3.8) is 0 Å². The van der Waals surface area contributed by atoms with Crippen molar-refractivity contribution in [2.45, 2.75) is 45.9 Å². The standard InChI is InChI=1S/C14H23N3O2/c1-9(2)17-8-12(15)5-13(17)14(18)16-6-10(3)19-11(4)7-16/h5,8-11H,6-7,15H2,1-4H3. The molecule has 2 atom stereocenters. The number of nitrogens with two attached hydrogens (primary N) is 1. The van der Waals surface area contributed by atoms with Crippen molar-refractivity contribution in [3.8, 4) is 0 Å². The Morgan fingerprint density at radius 2 is 1.95 bits per heavy atom. The van der Waals surface area contributed by atoms with E-state index in [0.717, 1.165) is 0 Å². The number of nitrogens with zero attached hydrogens (tertiary/aromatic N) is 2. The summed E-state index contributed by atoms with van der Waals surface area (Å²) in [6.45, 7) is 9.33. The lowest BCUT2D eigenvalue weighted by atomic mass is 10.2. The summed E-state index contributed by atoms with van der Waals surface area (Å²) in [7, 11) is 0. The number of aromatic nitrogens is 1. The zero-order valence-electron chi connectivity index (χ0n) is 12.1. The first kappa shape index (κ1) is 13.9. The van der Waals surface area contributed by atoms with Crippen molar-refractivity contribution >= 4 is 11.6 Å². The molecule has 1 aliphatic heterocycles. The van der Waals surface area contributed by atoms with Crippen molar-refractivity contribution in [2.75, 3.05) is 18.8 Å². The third kappa shape index (κ3) is 2.92. The Bertz CT molecular complexity index is 457. The van der Waals surface area contributed by atoms with Gasteiger partial charge in [0.1, 0.15) is 5.69 Å². The van der Waals surface area contributed by atoms with Gasteiger partial charge >= 0.3 is 0 Å². The molecule has 106 valence electrons. The molecule has 0 radical (unpaired) electrons. The largest absolute Gasteiger partial charge is 0.397 e. The van der Waals surface area contributed by atoms with Gasteiger partial charge in [-0.05, 0) is 33.8 Å². The number of morpholine rings is 1. The van der Waals surface area contributed by atoms with Crippen LogP contribution in [0.15, 0.2) is 12.3 Å². The molecule has 5 heteroatoms. The van der Waals surface area contributed by atoms with Gasteiger partial charge in [0.15, 0.2) is 0 Å². The number of hydrogen-bond acceptors (Lipinski definition) is 3. The minimum atomic E-state index is 0.0346. The maximum atomic E-state index is 12.6. The first-order valence-corrected chi connectivity index (χ1v) is 6.80. The molecule has 2 heterocycles. The first-order valence-electron chi connectivity index (χ1n) is 6.80. The quantitative estimate of drug-likeness (QED) is 0.888. The molecule has 0 saturated carbocycles.